The monoisotopic (exact) mass is 280 g/mol. The van der Waals surface area contributed by atoms with Crippen molar-refractivity contribution < 1.29 is 8.42 Å². The molecule has 0 spiro atoms. The molecule has 1 fully saturated rings. The Hall–Kier alpha value is 0.220. The average Bonchev–Trinajstić information content (AvgIpc) is 2.70. The van der Waals surface area contributed by atoms with Gasteiger partial charge in [-0.25, -0.2) is 13.1 Å². The Labute approximate surface area is 109 Å². The summed E-state index contributed by atoms with van der Waals surface area (Å²) in [6, 6.07) is 0. The minimum absolute atomic E-state index is 0.101. The van der Waals surface area contributed by atoms with Crippen molar-refractivity contribution >= 4 is 21.8 Å². The summed E-state index contributed by atoms with van der Waals surface area (Å²) in [4.78, 5) is 0. The molecule has 0 amide bonds. The van der Waals surface area contributed by atoms with Crippen molar-refractivity contribution in [1.82, 2.24) is 10.0 Å². The maximum atomic E-state index is 11.7. The summed E-state index contributed by atoms with van der Waals surface area (Å²) in [6.45, 7) is 6.18. The Morgan fingerprint density at radius 1 is 1.35 bits per heavy atom. The molecular formula is C11H24N2O2S2. The zero-order chi connectivity index (χ0) is 12.8. The van der Waals surface area contributed by atoms with E-state index in [4.69, 9.17) is 0 Å². The molecule has 1 aliphatic heterocycles. The first kappa shape index (κ1) is 15.3. The summed E-state index contributed by atoms with van der Waals surface area (Å²) in [5.74, 6) is 1.32. The van der Waals surface area contributed by atoms with Crippen LogP contribution in [0.15, 0.2) is 0 Å². The molecule has 1 aliphatic rings. The minimum Gasteiger partial charge on any atom is -0.316 e. The highest BCUT2D eigenvalue weighted by Crippen LogP contribution is 2.37. The van der Waals surface area contributed by atoms with Crippen LogP contribution in [0.2, 0.25) is 0 Å². The molecular weight excluding hydrogens is 256 g/mol. The highest BCUT2D eigenvalue weighted by molar-refractivity contribution is 8.01. The number of nitrogens with one attached hydrogen (secondary N) is 2. The van der Waals surface area contributed by atoms with Crippen LogP contribution in [0, 0.1) is 0 Å². The van der Waals surface area contributed by atoms with Gasteiger partial charge in [0.15, 0.2) is 0 Å². The summed E-state index contributed by atoms with van der Waals surface area (Å²) in [7, 11) is -3.11. The fourth-order valence-corrected chi connectivity index (χ4v) is 4.25. The Morgan fingerprint density at radius 2 is 2.12 bits per heavy atom. The van der Waals surface area contributed by atoms with Gasteiger partial charge in [-0.05, 0) is 38.5 Å². The van der Waals surface area contributed by atoms with E-state index in [9.17, 15) is 8.42 Å². The summed E-state index contributed by atoms with van der Waals surface area (Å²) in [6.07, 6.45) is 3.33. The van der Waals surface area contributed by atoms with Gasteiger partial charge in [-0.1, -0.05) is 6.92 Å². The molecule has 4 nitrogen and oxygen atoms in total. The lowest BCUT2D eigenvalue weighted by molar-refractivity contribution is 0.549. The smallest absolute Gasteiger partial charge is 0.212 e. The van der Waals surface area contributed by atoms with Gasteiger partial charge >= 0.3 is 0 Å². The largest absolute Gasteiger partial charge is 0.316 e. The third-order valence-corrected chi connectivity index (χ3v) is 5.80. The van der Waals surface area contributed by atoms with Gasteiger partial charge in [0.1, 0.15) is 0 Å². The Morgan fingerprint density at radius 3 is 2.71 bits per heavy atom. The minimum atomic E-state index is -3.11. The maximum Gasteiger partial charge on any atom is 0.212 e. The maximum absolute atomic E-state index is 11.7. The van der Waals surface area contributed by atoms with Crippen LogP contribution in [-0.4, -0.2) is 44.3 Å². The topological polar surface area (TPSA) is 58.2 Å². The number of sulfonamides is 1. The van der Waals surface area contributed by atoms with Crippen molar-refractivity contribution in [3.63, 3.8) is 0 Å². The lowest BCUT2D eigenvalue weighted by Crippen LogP contribution is -2.39. The summed E-state index contributed by atoms with van der Waals surface area (Å²) in [5, 5.41) is 3.10. The first-order valence-electron chi connectivity index (χ1n) is 6.29. The molecule has 0 aromatic heterocycles. The highest BCUT2D eigenvalue weighted by atomic mass is 32.2. The van der Waals surface area contributed by atoms with Gasteiger partial charge in [0.05, 0.1) is 5.75 Å². The summed E-state index contributed by atoms with van der Waals surface area (Å²) in [5.41, 5.74) is 0. The van der Waals surface area contributed by atoms with E-state index >= 15 is 0 Å². The van der Waals surface area contributed by atoms with Crippen LogP contribution in [0.4, 0.5) is 0 Å². The Kier molecular flexibility index (Phi) is 6.26. The normalized spacial score (nSPS) is 25.3. The van der Waals surface area contributed by atoms with Gasteiger partial charge in [-0.2, -0.15) is 11.8 Å². The van der Waals surface area contributed by atoms with Crippen LogP contribution in [-0.2, 0) is 10.0 Å². The van der Waals surface area contributed by atoms with Crippen molar-refractivity contribution in [3.8, 4) is 0 Å². The van der Waals surface area contributed by atoms with Gasteiger partial charge in [-0.3, -0.25) is 0 Å². The second-order valence-corrected chi connectivity index (χ2v) is 8.40. The second-order valence-electron chi connectivity index (χ2n) is 4.79. The van der Waals surface area contributed by atoms with Crippen LogP contribution in [0.5, 0.6) is 0 Å². The van der Waals surface area contributed by atoms with Crippen molar-refractivity contribution in [2.75, 3.05) is 31.1 Å². The zero-order valence-electron chi connectivity index (χ0n) is 10.8. The van der Waals surface area contributed by atoms with Gasteiger partial charge in [0, 0.05) is 17.8 Å². The number of hydrogen-bond donors (Lipinski definition) is 2. The fraction of sp³-hybridized carbons (Fsp3) is 1.00. The first-order chi connectivity index (χ1) is 7.97. The van der Waals surface area contributed by atoms with E-state index in [1.165, 1.54) is 6.42 Å². The molecule has 0 aliphatic carbocycles. The zero-order valence-corrected chi connectivity index (χ0v) is 12.4. The standard InChI is InChI=1S/C11H24N2O2S2/c1-3-6-12-7-9-17(14,15)13-10-11(2)5-4-8-16-11/h12-13H,3-10H2,1-2H3. The molecule has 0 saturated carbocycles. The van der Waals surface area contributed by atoms with Crippen molar-refractivity contribution in [3.05, 3.63) is 0 Å². The molecule has 102 valence electrons. The van der Waals surface area contributed by atoms with E-state index in [1.807, 2.05) is 11.8 Å². The highest BCUT2D eigenvalue weighted by Gasteiger charge is 2.30. The van der Waals surface area contributed by atoms with Gasteiger partial charge < -0.3 is 5.32 Å². The van der Waals surface area contributed by atoms with Gasteiger partial charge in [0.2, 0.25) is 10.0 Å². The molecule has 1 heterocycles. The van der Waals surface area contributed by atoms with Crippen LogP contribution in [0.1, 0.15) is 33.1 Å². The molecule has 0 aromatic rings. The fourth-order valence-electron chi connectivity index (χ4n) is 1.82. The van der Waals surface area contributed by atoms with Crippen LogP contribution < -0.4 is 10.0 Å². The quantitative estimate of drug-likeness (QED) is 0.656. The molecule has 0 bridgehead atoms. The van der Waals surface area contributed by atoms with Crippen molar-refractivity contribution in [2.24, 2.45) is 0 Å². The molecule has 1 saturated heterocycles. The number of hydrogen-bond acceptors (Lipinski definition) is 4. The van der Waals surface area contributed by atoms with E-state index in [1.54, 1.807) is 0 Å². The molecule has 6 heteroatoms. The molecule has 2 N–H and O–H groups in total. The molecule has 0 radical (unpaired) electrons. The molecule has 17 heavy (non-hydrogen) atoms. The summed E-state index contributed by atoms with van der Waals surface area (Å²) < 4.78 is 26.3. The van der Waals surface area contributed by atoms with Gasteiger partial charge in [0.25, 0.3) is 0 Å². The van der Waals surface area contributed by atoms with Gasteiger partial charge in [-0.15, -0.1) is 0 Å². The van der Waals surface area contributed by atoms with E-state index in [0.717, 1.165) is 25.1 Å². The van der Waals surface area contributed by atoms with E-state index in [0.29, 0.717) is 13.1 Å². The van der Waals surface area contributed by atoms with E-state index in [-0.39, 0.29) is 10.5 Å². The van der Waals surface area contributed by atoms with Crippen LogP contribution in [0.3, 0.4) is 0 Å². The average molecular weight is 280 g/mol. The Bertz CT molecular complexity index is 311. The van der Waals surface area contributed by atoms with E-state index < -0.39 is 10.0 Å². The van der Waals surface area contributed by atoms with Crippen LogP contribution in [0.25, 0.3) is 0 Å². The predicted octanol–water partition coefficient (Wildman–Crippen LogP) is 1.19. The third kappa shape index (κ3) is 6.08. The number of thioether (sulfide) groups is 1. The molecule has 0 aromatic carbocycles. The molecule has 1 atom stereocenters. The lowest BCUT2D eigenvalue weighted by atomic mass is 10.1. The molecule has 1 rings (SSSR count). The predicted molar refractivity (Wildman–Crippen MR) is 75.0 cm³/mol. The Balaban J connectivity index is 2.24. The first-order valence-corrected chi connectivity index (χ1v) is 8.93. The van der Waals surface area contributed by atoms with Crippen LogP contribution >= 0.6 is 11.8 Å². The third-order valence-electron chi connectivity index (χ3n) is 2.94. The number of rotatable bonds is 8. The second kappa shape index (κ2) is 6.97. The van der Waals surface area contributed by atoms with Crippen molar-refractivity contribution in [2.45, 2.75) is 37.9 Å². The lowest BCUT2D eigenvalue weighted by Gasteiger charge is -2.22. The summed E-state index contributed by atoms with van der Waals surface area (Å²) >= 11 is 1.87. The van der Waals surface area contributed by atoms with Crippen molar-refractivity contribution in [1.29, 1.82) is 0 Å². The SMILES string of the molecule is CCCNCCS(=O)(=O)NCC1(C)CCCS1. The van der Waals surface area contributed by atoms with E-state index in [2.05, 4.69) is 23.9 Å². The molecule has 1 unspecified atom stereocenters.